The van der Waals surface area contributed by atoms with E-state index in [1.54, 1.807) is 6.92 Å². The lowest BCUT2D eigenvalue weighted by Crippen LogP contribution is -2.25. The summed E-state index contributed by atoms with van der Waals surface area (Å²) in [5.41, 5.74) is 7.18. The quantitative estimate of drug-likeness (QED) is 0.752. The molecule has 0 spiro atoms. The lowest BCUT2D eigenvalue weighted by molar-refractivity contribution is 0.579. The normalized spacial score (nSPS) is 11.8. The summed E-state index contributed by atoms with van der Waals surface area (Å²) in [7, 11) is -3.65. The molecular formula is C12H15BrN4O2S. The Balaban J connectivity index is 2.24. The number of benzene rings is 1. The molecule has 4 N–H and O–H groups in total. The molecule has 6 nitrogen and oxygen atoms in total. The molecule has 0 atom stereocenters. The number of rotatable bonds is 5. The Morgan fingerprint density at radius 2 is 2.10 bits per heavy atom. The number of aromatic amines is 1. The second-order valence-corrected chi connectivity index (χ2v) is 6.80. The van der Waals surface area contributed by atoms with Gasteiger partial charge in [0.15, 0.2) is 0 Å². The van der Waals surface area contributed by atoms with Gasteiger partial charge in [0, 0.05) is 17.6 Å². The third-order valence-corrected chi connectivity index (χ3v) is 5.21. The number of aromatic nitrogens is 2. The highest BCUT2D eigenvalue weighted by atomic mass is 79.9. The summed E-state index contributed by atoms with van der Waals surface area (Å²) in [5.74, 6) is 0. The fourth-order valence-electron chi connectivity index (χ4n) is 1.85. The highest BCUT2D eigenvalue weighted by Gasteiger charge is 2.23. The minimum Gasteiger partial charge on any atom is -0.325 e. The molecule has 2 aromatic rings. The largest absolute Gasteiger partial charge is 0.325 e. The van der Waals surface area contributed by atoms with Crippen LogP contribution in [0.15, 0.2) is 33.6 Å². The van der Waals surface area contributed by atoms with Gasteiger partial charge < -0.3 is 5.73 Å². The predicted octanol–water partition coefficient (Wildman–Crippen LogP) is 1.42. The van der Waals surface area contributed by atoms with Crippen LogP contribution in [0.3, 0.4) is 0 Å². The van der Waals surface area contributed by atoms with Gasteiger partial charge in [-0.1, -0.05) is 34.1 Å². The molecule has 108 valence electrons. The molecule has 1 aromatic carbocycles. The molecule has 0 unspecified atom stereocenters. The molecule has 1 heterocycles. The van der Waals surface area contributed by atoms with Crippen LogP contribution in [-0.2, 0) is 23.1 Å². The average molecular weight is 359 g/mol. The summed E-state index contributed by atoms with van der Waals surface area (Å²) >= 11 is 3.38. The van der Waals surface area contributed by atoms with Gasteiger partial charge in [0.2, 0.25) is 10.0 Å². The molecule has 1 aromatic heterocycles. The van der Waals surface area contributed by atoms with Crippen LogP contribution in [0.5, 0.6) is 0 Å². The van der Waals surface area contributed by atoms with E-state index in [-0.39, 0.29) is 18.0 Å². The minimum absolute atomic E-state index is 0.0651. The summed E-state index contributed by atoms with van der Waals surface area (Å²) in [6, 6.07) is 7.42. The van der Waals surface area contributed by atoms with Crippen LogP contribution in [0.4, 0.5) is 0 Å². The predicted molar refractivity (Wildman–Crippen MR) is 79.4 cm³/mol. The average Bonchev–Trinajstić information content (AvgIpc) is 2.80. The number of nitrogens with zero attached hydrogens (tertiary/aromatic N) is 1. The first kappa shape index (κ1) is 15.2. The van der Waals surface area contributed by atoms with E-state index in [4.69, 9.17) is 5.73 Å². The van der Waals surface area contributed by atoms with Gasteiger partial charge in [-0.05, 0) is 18.6 Å². The standard InChI is InChI=1S/C12H15BrN4O2S/c1-8-12(11(6-14)17-16-8)20(18,19)15-7-9-4-2-3-5-10(9)13/h2-5,15H,6-7,14H2,1H3,(H,16,17). The van der Waals surface area contributed by atoms with Crippen molar-refractivity contribution in [2.75, 3.05) is 0 Å². The molecule has 0 bridgehead atoms. The molecule has 8 heteroatoms. The Labute approximate surface area is 125 Å². The number of aryl methyl sites for hydroxylation is 1. The van der Waals surface area contributed by atoms with E-state index in [1.807, 2.05) is 24.3 Å². The van der Waals surface area contributed by atoms with Gasteiger partial charge in [-0.3, -0.25) is 5.10 Å². The number of H-pyrrole nitrogens is 1. The van der Waals surface area contributed by atoms with Crippen LogP contribution in [-0.4, -0.2) is 18.6 Å². The zero-order valence-electron chi connectivity index (χ0n) is 10.9. The summed E-state index contributed by atoms with van der Waals surface area (Å²) < 4.78 is 28.1. The fraction of sp³-hybridized carbons (Fsp3) is 0.250. The molecule has 0 saturated carbocycles. The summed E-state index contributed by atoms with van der Waals surface area (Å²) in [4.78, 5) is 0.132. The Bertz CT molecular complexity index is 712. The van der Waals surface area contributed by atoms with Crippen LogP contribution in [0, 0.1) is 6.92 Å². The van der Waals surface area contributed by atoms with E-state index in [0.717, 1.165) is 10.0 Å². The lowest BCUT2D eigenvalue weighted by Gasteiger charge is -2.08. The number of hydrogen-bond acceptors (Lipinski definition) is 4. The highest BCUT2D eigenvalue weighted by Crippen LogP contribution is 2.19. The van der Waals surface area contributed by atoms with Crippen molar-refractivity contribution in [1.82, 2.24) is 14.9 Å². The molecule has 0 aliphatic rings. The van der Waals surface area contributed by atoms with Crippen LogP contribution in [0.1, 0.15) is 17.0 Å². The third-order valence-electron chi connectivity index (χ3n) is 2.83. The Hall–Kier alpha value is -1.22. The number of nitrogens with one attached hydrogen (secondary N) is 2. The lowest BCUT2D eigenvalue weighted by atomic mass is 10.2. The van der Waals surface area contributed by atoms with Gasteiger partial charge in [0.05, 0.1) is 11.4 Å². The summed E-state index contributed by atoms with van der Waals surface area (Å²) in [6.07, 6.45) is 0. The third kappa shape index (κ3) is 3.09. The first-order valence-electron chi connectivity index (χ1n) is 5.92. The number of hydrogen-bond donors (Lipinski definition) is 3. The Morgan fingerprint density at radius 1 is 1.40 bits per heavy atom. The fourth-order valence-corrected chi connectivity index (χ4v) is 3.65. The van der Waals surface area contributed by atoms with Crippen molar-refractivity contribution in [2.24, 2.45) is 5.73 Å². The Kier molecular flexibility index (Phi) is 4.59. The van der Waals surface area contributed by atoms with E-state index in [2.05, 4.69) is 30.8 Å². The van der Waals surface area contributed by atoms with Gasteiger partial charge in [-0.2, -0.15) is 5.10 Å². The SMILES string of the molecule is Cc1[nH]nc(CN)c1S(=O)(=O)NCc1ccccc1Br. The molecule has 0 aliphatic carbocycles. The smallest absolute Gasteiger partial charge is 0.244 e. The topological polar surface area (TPSA) is 101 Å². The molecule has 20 heavy (non-hydrogen) atoms. The first-order valence-corrected chi connectivity index (χ1v) is 8.20. The molecule has 0 saturated heterocycles. The van der Waals surface area contributed by atoms with E-state index in [0.29, 0.717) is 11.4 Å². The molecule has 2 rings (SSSR count). The number of sulfonamides is 1. The second-order valence-electron chi connectivity index (χ2n) is 4.24. The van der Waals surface area contributed by atoms with E-state index < -0.39 is 10.0 Å². The first-order chi connectivity index (χ1) is 9.45. The van der Waals surface area contributed by atoms with Crippen molar-refractivity contribution >= 4 is 26.0 Å². The van der Waals surface area contributed by atoms with Gasteiger partial charge in [-0.15, -0.1) is 0 Å². The maximum absolute atomic E-state index is 12.3. The minimum atomic E-state index is -3.65. The maximum Gasteiger partial charge on any atom is 0.244 e. The monoisotopic (exact) mass is 358 g/mol. The van der Waals surface area contributed by atoms with Crippen LogP contribution >= 0.6 is 15.9 Å². The van der Waals surface area contributed by atoms with E-state index in [9.17, 15) is 8.42 Å². The van der Waals surface area contributed by atoms with Crippen molar-refractivity contribution < 1.29 is 8.42 Å². The zero-order valence-corrected chi connectivity index (χ0v) is 13.3. The van der Waals surface area contributed by atoms with Gasteiger partial charge in [-0.25, -0.2) is 13.1 Å². The molecule has 0 aliphatic heterocycles. The summed E-state index contributed by atoms with van der Waals surface area (Å²) in [5, 5.41) is 6.54. The van der Waals surface area contributed by atoms with Gasteiger partial charge >= 0.3 is 0 Å². The molecule has 0 radical (unpaired) electrons. The van der Waals surface area contributed by atoms with Crippen LogP contribution in [0.25, 0.3) is 0 Å². The number of halogens is 1. The van der Waals surface area contributed by atoms with Crippen molar-refractivity contribution in [3.05, 3.63) is 45.7 Å². The van der Waals surface area contributed by atoms with Crippen molar-refractivity contribution in [1.29, 1.82) is 0 Å². The summed E-state index contributed by atoms with van der Waals surface area (Å²) in [6.45, 7) is 1.91. The van der Waals surface area contributed by atoms with Crippen molar-refractivity contribution in [3.8, 4) is 0 Å². The van der Waals surface area contributed by atoms with Gasteiger partial charge in [0.1, 0.15) is 4.90 Å². The molecular weight excluding hydrogens is 344 g/mol. The Morgan fingerprint density at radius 3 is 2.75 bits per heavy atom. The van der Waals surface area contributed by atoms with Gasteiger partial charge in [0.25, 0.3) is 0 Å². The highest BCUT2D eigenvalue weighted by molar-refractivity contribution is 9.10. The van der Waals surface area contributed by atoms with Crippen molar-refractivity contribution in [3.63, 3.8) is 0 Å². The number of nitrogens with two attached hydrogens (primary N) is 1. The molecule has 0 fully saturated rings. The van der Waals surface area contributed by atoms with Crippen LogP contribution < -0.4 is 10.5 Å². The van der Waals surface area contributed by atoms with Crippen molar-refractivity contribution in [2.45, 2.75) is 24.9 Å². The van der Waals surface area contributed by atoms with E-state index in [1.165, 1.54) is 0 Å². The maximum atomic E-state index is 12.3. The second kappa shape index (κ2) is 6.04. The zero-order chi connectivity index (χ0) is 14.8. The van der Waals surface area contributed by atoms with Crippen LogP contribution in [0.2, 0.25) is 0 Å². The van der Waals surface area contributed by atoms with E-state index >= 15 is 0 Å². The molecule has 0 amide bonds.